The van der Waals surface area contributed by atoms with Crippen molar-refractivity contribution < 1.29 is 4.74 Å². The van der Waals surface area contributed by atoms with E-state index >= 15 is 0 Å². The van der Waals surface area contributed by atoms with E-state index in [1.807, 2.05) is 6.07 Å². The highest BCUT2D eigenvalue weighted by Crippen LogP contribution is 2.27. The first-order valence-electron chi connectivity index (χ1n) is 7.22. The highest BCUT2D eigenvalue weighted by Gasteiger charge is 2.20. The number of aromatic nitrogens is 2. The van der Waals surface area contributed by atoms with Crippen LogP contribution in [0.5, 0.6) is 5.88 Å². The quantitative estimate of drug-likeness (QED) is 0.855. The van der Waals surface area contributed by atoms with Crippen LogP contribution in [0.4, 0.5) is 11.8 Å². The molecule has 0 aromatic carbocycles. The van der Waals surface area contributed by atoms with Gasteiger partial charge in [-0.2, -0.15) is 9.97 Å². The normalized spacial score (nSPS) is 23.1. The first-order valence-corrected chi connectivity index (χ1v) is 7.22. The summed E-state index contributed by atoms with van der Waals surface area (Å²) in [5, 5.41) is 3.21. The molecule has 0 atom stereocenters. The second-order valence-electron chi connectivity index (χ2n) is 5.38. The molecule has 1 fully saturated rings. The van der Waals surface area contributed by atoms with E-state index in [9.17, 15) is 0 Å². The minimum Gasteiger partial charge on any atom is -0.474 e. The first-order chi connectivity index (χ1) is 9.17. The Morgan fingerprint density at radius 2 is 2.05 bits per heavy atom. The Labute approximate surface area is 115 Å². The van der Waals surface area contributed by atoms with E-state index in [0.29, 0.717) is 5.88 Å². The Kier molecular flexibility index (Phi) is 4.82. The third kappa shape index (κ3) is 4.26. The molecule has 5 heteroatoms. The molecule has 0 radical (unpaired) electrons. The SMILES string of the molecule is CCCNc1cc(OC2CCC(C)CC2)nc(N)n1. The molecule has 1 aliphatic carbocycles. The standard InChI is InChI=1S/C14H24N4O/c1-3-8-16-12-9-13(18-14(15)17-12)19-11-6-4-10(2)5-7-11/h9-11H,3-8H2,1-2H3,(H3,15,16,17,18). The average molecular weight is 264 g/mol. The van der Waals surface area contributed by atoms with Crippen molar-refractivity contribution in [2.24, 2.45) is 5.92 Å². The van der Waals surface area contributed by atoms with Crippen molar-refractivity contribution in [3.8, 4) is 5.88 Å². The first kappa shape index (κ1) is 13.9. The van der Waals surface area contributed by atoms with Crippen LogP contribution < -0.4 is 15.8 Å². The number of nitrogens with one attached hydrogen (secondary N) is 1. The molecular weight excluding hydrogens is 240 g/mol. The Morgan fingerprint density at radius 3 is 2.74 bits per heavy atom. The maximum absolute atomic E-state index is 5.93. The lowest BCUT2D eigenvalue weighted by Crippen LogP contribution is -2.23. The summed E-state index contributed by atoms with van der Waals surface area (Å²) >= 11 is 0. The van der Waals surface area contributed by atoms with Gasteiger partial charge in [0.15, 0.2) is 0 Å². The van der Waals surface area contributed by atoms with Gasteiger partial charge in [-0.25, -0.2) is 0 Å². The van der Waals surface area contributed by atoms with Crippen LogP contribution in [-0.4, -0.2) is 22.6 Å². The molecule has 1 aromatic heterocycles. The smallest absolute Gasteiger partial charge is 0.225 e. The van der Waals surface area contributed by atoms with Crippen LogP contribution in [0, 0.1) is 5.92 Å². The van der Waals surface area contributed by atoms with Crippen LogP contribution in [0.2, 0.25) is 0 Å². The molecule has 1 heterocycles. The van der Waals surface area contributed by atoms with Gasteiger partial charge in [-0.15, -0.1) is 0 Å². The monoisotopic (exact) mass is 264 g/mol. The van der Waals surface area contributed by atoms with Gasteiger partial charge < -0.3 is 15.8 Å². The van der Waals surface area contributed by atoms with E-state index in [0.717, 1.165) is 37.5 Å². The number of anilines is 2. The topological polar surface area (TPSA) is 73.1 Å². The molecule has 0 saturated heterocycles. The molecule has 1 saturated carbocycles. The van der Waals surface area contributed by atoms with E-state index < -0.39 is 0 Å². The fourth-order valence-corrected chi connectivity index (χ4v) is 2.36. The number of ether oxygens (including phenoxy) is 1. The van der Waals surface area contributed by atoms with E-state index in [4.69, 9.17) is 10.5 Å². The minimum absolute atomic E-state index is 0.264. The highest BCUT2D eigenvalue weighted by molar-refractivity contribution is 5.42. The van der Waals surface area contributed by atoms with Gasteiger partial charge in [0, 0.05) is 12.6 Å². The lowest BCUT2D eigenvalue weighted by Gasteiger charge is -2.26. The fourth-order valence-electron chi connectivity index (χ4n) is 2.36. The molecule has 1 aliphatic rings. The van der Waals surface area contributed by atoms with Crippen LogP contribution in [-0.2, 0) is 0 Å². The summed E-state index contributed by atoms with van der Waals surface area (Å²) in [5.74, 6) is 2.41. The minimum atomic E-state index is 0.264. The van der Waals surface area contributed by atoms with Crippen LogP contribution in [0.1, 0.15) is 46.0 Å². The largest absolute Gasteiger partial charge is 0.474 e. The third-order valence-corrected chi connectivity index (χ3v) is 3.53. The van der Waals surface area contributed by atoms with Crippen molar-refractivity contribution in [3.05, 3.63) is 6.07 Å². The summed E-state index contributed by atoms with van der Waals surface area (Å²) < 4.78 is 5.93. The summed E-state index contributed by atoms with van der Waals surface area (Å²) in [4.78, 5) is 8.31. The molecule has 106 valence electrons. The summed E-state index contributed by atoms with van der Waals surface area (Å²) in [5.41, 5.74) is 5.72. The van der Waals surface area contributed by atoms with Crippen LogP contribution >= 0.6 is 0 Å². The Balaban J connectivity index is 1.97. The number of hydrogen-bond donors (Lipinski definition) is 2. The Bertz CT molecular complexity index is 402. The van der Waals surface area contributed by atoms with Gasteiger partial charge in [-0.05, 0) is 38.0 Å². The lowest BCUT2D eigenvalue weighted by atomic mass is 9.89. The zero-order valence-electron chi connectivity index (χ0n) is 11.9. The van der Waals surface area contributed by atoms with E-state index in [1.54, 1.807) is 0 Å². The maximum Gasteiger partial charge on any atom is 0.225 e. The molecule has 0 unspecified atom stereocenters. The summed E-state index contributed by atoms with van der Waals surface area (Å²) in [6.07, 6.45) is 5.97. The summed E-state index contributed by atoms with van der Waals surface area (Å²) in [6.45, 7) is 5.28. The molecule has 5 nitrogen and oxygen atoms in total. The average Bonchev–Trinajstić information content (AvgIpc) is 2.38. The van der Waals surface area contributed by atoms with E-state index in [1.165, 1.54) is 12.8 Å². The van der Waals surface area contributed by atoms with Crippen molar-refractivity contribution in [1.82, 2.24) is 9.97 Å². The van der Waals surface area contributed by atoms with Crippen molar-refractivity contribution in [2.75, 3.05) is 17.6 Å². The van der Waals surface area contributed by atoms with Crippen molar-refractivity contribution in [1.29, 1.82) is 0 Å². The van der Waals surface area contributed by atoms with Gasteiger partial charge in [0.05, 0.1) is 0 Å². The number of nitrogens with two attached hydrogens (primary N) is 1. The Hall–Kier alpha value is -1.52. The molecule has 0 bridgehead atoms. The van der Waals surface area contributed by atoms with Gasteiger partial charge in [0.1, 0.15) is 11.9 Å². The molecule has 0 spiro atoms. The second-order valence-corrected chi connectivity index (χ2v) is 5.38. The fraction of sp³-hybridized carbons (Fsp3) is 0.714. The molecule has 1 aromatic rings. The van der Waals surface area contributed by atoms with E-state index in [-0.39, 0.29) is 12.1 Å². The van der Waals surface area contributed by atoms with Gasteiger partial charge >= 0.3 is 0 Å². The molecule has 0 aliphatic heterocycles. The maximum atomic E-state index is 5.93. The molecule has 0 amide bonds. The predicted molar refractivity (Wildman–Crippen MR) is 77.3 cm³/mol. The zero-order valence-corrected chi connectivity index (χ0v) is 11.9. The van der Waals surface area contributed by atoms with Gasteiger partial charge in [0.2, 0.25) is 11.8 Å². The lowest BCUT2D eigenvalue weighted by molar-refractivity contribution is 0.130. The zero-order chi connectivity index (χ0) is 13.7. The van der Waals surface area contributed by atoms with Gasteiger partial charge in [-0.3, -0.25) is 0 Å². The molecule has 2 rings (SSSR count). The number of nitrogens with zero attached hydrogens (tertiary/aromatic N) is 2. The van der Waals surface area contributed by atoms with Crippen molar-refractivity contribution >= 4 is 11.8 Å². The molecule has 19 heavy (non-hydrogen) atoms. The van der Waals surface area contributed by atoms with E-state index in [2.05, 4.69) is 29.1 Å². The summed E-state index contributed by atoms with van der Waals surface area (Å²) in [6, 6.07) is 1.84. The number of nitrogen functional groups attached to an aromatic ring is 1. The van der Waals surface area contributed by atoms with Crippen LogP contribution in [0.3, 0.4) is 0 Å². The van der Waals surface area contributed by atoms with Crippen molar-refractivity contribution in [3.63, 3.8) is 0 Å². The summed E-state index contributed by atoms with van der Waals surface area (Å²) in [7, 11) is 0. The number of rotatable bonds is 5. The second kappa shape index (κ2) is 6.59. The van der Waals surface area contributed by atoms with Crippen LogP contribution in [0.15, 0.2) is 6.07 Å². The molecule has 3 N–H and O–H groups in total. The molecular formula is C14H24N4O. The van der Waals surface area contributed by atoms with Gasteiger partial charge in [0.25, 0.3) is 0 Å². The number of hydrogen-bond acceptors (Lipinski definition) is 5. The van der Waals surface area contributed by atoms with Crippen molar-refractivity contribution in [2.45, 2.75) is 52.1 Å². The third-order valence-electron chi connectivity index (χ3n) is 3.53. The van der Waals surface area contributed by atoms with Crippen LogP contribution in [0.25, 0.3) is 0 Å². The van der Waals surface area contributed by atoms with Gasteiger partial charge in [-0.1, -0.05) is 13.8 Å². The highest BCUT2D eigenvalue weighted by atomic mass is 16.5. The predicted octanol–water partition coefficient (Wildman–Crippen LogP) is 2.84. The Morgan fingerprint density at radius 1 is 1.32 bits per heavy atom.